The van der Waals surface area contributed by atoms with Crippen molar-refractivity contribution < 1.29 is 4.79 Å². The van der Waals surface area contributed by atoms with E-state index in [9.17, 15) is 4.79 Å². The first kappa shape index (κ1) is 12.6. The fraction of sp³-hybridized carbons (Fsp3) is 0.571. The SMILES string of the molecule is O=C(NCc1n[nH]c2c1CCC2)C1CCc2ncnn2C1. The topological polar surface area (TPSA) is 88.5 Å². The second-order valence-electron chi connectivity index (χ2n) is 5.79. The van der Waals surface area contributed by atoms with Gasteiger partial charge >= 0.3 is 0 Å². The summed E-state index contributed by atoms with van der Waals surface area (Å²) in [7, 11) is 0. The van der Waals surface area contributed by atoms with Crippen molar-refractivity contribution in [3.63, 3.8) is 0 Å². The number of aryl methyl sites for hydroxylation is 2. The highest BCUT2D eigenvalue weighted by Gasteiger charge is 2.26. The maximum absolute atomic E-state index is 12.3. The molecule has 0 spiro atoms. The Bertz CT molecular complexity index is 673. The smallest absolute Gasteiger partial charge is 0.225 e. The van der Waals surface area contributed by atoms with Crippen LogP contribution in [0.15, 0.2) is 6.33 Å². The predicted molar refractivity (Wildman–Crippen MR) is 74.3 cm³/mol. The van der Waals surface area contributed by atoms with Crippen molar-refractivity contribution >= 4 is 5.91 Å². The first-order valence-corrected chi connectivity index (χ1v) is 7.50. The number of H-pyrrole nitrogens is 1. The van der Waals surface area contributed by atoms with Crippen LogP contribution in [-0.2, 0) is 37.1 Å². The Morgan fingerprint density at radius 2 is 2.38 bits per heavy atom. The minimum atomic E-state index is -0.0220. The molecule has 1 aliphatic heterocycles. The molecule has 0 saturated carbocycles. The molecule has 0 saturated heterocycles. The molecular formula is C14H18N6O. The number of nitrogens with one attached hydrogen (secondary N) is 2. The number of carbonyl (C=O) groups is 1. The molecule has 7 nitrogen and oxygen atoms in total. The Morgan fingerprint density at radius 1 is 1.43 bits per heavy atom. The summed E-state index contributed by atoms with van der Waals surface area (Å²) < 4.78 is 1.83. The molecule has 2 aromatic heterocycles. The van der Waals surface area contributed by atoms with E-state index < -0.39 is 0 Å². The minimum Gasteiger partial charge on any atom is -0.350 e. The van der Waals surface area contributed by atoms with Gasteiger partial charge in [0.15, 0.2) is 0 Å². The maximum Gasteiger partial charge on any atom is 0.225 e. The quantitative estimate of drug-likeness (QED) is 0.853. The highest BCUT2D eigenvalue weighted by Crippen LogP contribution is 2.23. The number of rotatable bonds is 3. The molecule has 21 heavy (non-hydrogen) atoms. The monoisotopic (exact) mass is 286 g/mol. The number of aromatic amines is 1. The van der Waals surface area contributed by atoms with Crippen LogP contribution in [0.25, 0.3) is 0 Å². The maximum atomic E-state index is 12.3. The molecule has 110 valence electrons. The minimum absolute atomic E-state index is 0.0220. The molecule has 2 aromatic rings. The molecule has 1 aliphatic carbocycles. The van der Waals surface area contributed by atoms with Gasteiger partial charge in [-0.1, -0.05) is 0 Å². The van der Waals surface area contributed by atoms with E-state index in [0.717, 1.165) is 37.2 Å². The van der Waals surface area contributed by atoms with Crippen molar-refractivity contribution in [3.05, 3.63) is 29.1 Å². The molecule has 0 fully saturated rings. The molecule has 0 aromatic carbocycles. The number of carbonyl (C=O) groups excluding carboxylic acids is 1. The van der Waals surface area contributed by atoms with E-state index in [2.05, 4.69) is 25.6 Å². The van der Waals surface area contributed by atoms with Gasteiger partial charge < -0.3 is 5.32 Å². The molecule has 2 aliphatic rings. The van der Waals surface area contributed by atoms with Gasteiger partial charge in [0.1, 0.15) is 12.2 Å². The zero-order valence-corrected chi connectivity index (χ0v) is 11.8. The van der Waals surface area contributed by atoms with Crippen LogP contribution < -0.4 is 5.32 Å². The molecule has 1 atom stereocenters. The van der Waals surface area contributed by atoms with E-state index in [1.165, 1.54) is 17.7 Å². The van der Waals surface area contributed by atoms with Crippen LogP contribution >= 0.6 is 0 Å². The fourth-order valence-corrected chi connectivity index (χ4v) is 3.30. The average molecular weight is 286 g/mol. The summed E-state index contributed by atoms with van der Waals surface area (Å²) in [5.74, 6) is 1.04. The summed E-state index contributed by atoms with van der Waals surface area (Å²) in [4.78, 5) is 16.5. The molecule has 2 N–H and O–H groups in total. The Labute approximate surface area is 122 Å². The largest absolute Gasteiger partial charge is 0.350 e. The molecular weight excluding hydrogens is 268 g/mol. The Hall–Kier alpha value is -2.18. The third-order valence-electron chi connectivity index (χ3n) is 4.50. The summed E-state index contributed by atoms with van der Waals surface area (Å²) in [5, 5.41) is 14.6. The van der Waals surface area contributed by atoms with E-state index in [4.69, 9.17) is 0 Å². The first-order chi connectivity index (χ1) is 10.3. The van der Waals surface area contributed by atoms with Crippen LogP contribution in [0, 0.1) is 5.92 Å². The van der Waals surface area contributed by atoms with Crippen molar-refractivity contribution in [2.45, 2.75) is 45.2 Å². The number of amides is 1. The summed E-state index contributed by atoms with van der Waals surface area (Å²) in [6, 6.07) is 0. The predicted octanol–water partition coefficient (Wildman–Crippen LogP) is 0.369. The summed E-state index contributed by atoms with van der Waals surface area (Å²) in [6.07, 6.45) is 6.54. The highest BCUT2D eigenvalue weighted by molar-refractivity contribution is 5.78. The molecule has 1 unspecified atom stereocenters. The number of hydrogen-bond donors (Lipinski definition) is 2. The lowest BCUT2D eigenvalue weighted by molar-refractivity contribution is -0.126. The van der Waals surface area contributed by atoms with Crippen LogP contribution in [0.1, 0.15) is 35.6 Å². The fourth-order valence-electron chi connectivity index (χ4n) is 3.30. The molecule has 7 heteroatoms. The van der Waals surface area contributed by atoms with E-state index in [0.29, 0.717) is 13.1 Å². The van der Waals surface area contributed by atoms with Gasteiger partial charge in [0, 0.05) is 12.1 Å². The van der Waals surface area contributed by atoms with Gasteiger partial charge in [-0.2, -0.15) is 10.2 Å². The Kier molecular flexibility index (Phi) is 2.98. The van der Waals surface area contributed by atoms with Gasteiger partial charge in [-0.15, -0.1) is 0 Å². The molecule has 0 bridgehead atoms. The molecule has 4 rings (SSSR count). The number of aromatic nitrogens is 5. The highest BCUT2D eigenvalue weighted by atomic mass is 16.1. The van der Waals surface area contributed by atoms with Crippen LogP contribution in [0.5, 0.6) is 0 Å². The standard InChI is InChI=1S/C14H18N6O/c21-14(9-4-5-13-16-8-17-20(13)7-9)15-6-12-10-2-1-3-11(10)18-19-12/h8-9H,1-7H2,(H,15,21)(H,18,19). The number of hydrogen-bond acceptors (Lipinski definition) is 4. The normalized spacial score (nSPS) is 20.1. The van der Waals surface area contributed by atoms with Gasteiger partial charge in [-0.05, 0) is 31.2 Å². The zero-order valence-electron chi connectivity index (χ0n) is 11.8. The first-order valence-electron chi connectivity index (χ1n) is 7.50. The number of nitrogens with zero attached hydrogens (tertiary/aromatic N) is 4. The van der Waals surface area contributed by atoms with Crippen molar-refractivity contribution in [2.24, 2.45) is 5.92 Å². The van der Waals surface area contributed by atoms with E-state index in [-0.39, 0.29) is 11.8 Å². The van der Waals surface area contributed by atoms with Crippen LogP contribution in [0.3, 0.4) is 0 Å². The van der Waals surface area contributed by atoms with Crippen molar-refractivity contribution in [1.82, 2.24) is 30.3 Å². The lowest BCUT2D eigenvalue weighted by atomic mass is 9.99. The lowest BCUT2D eigenvalue weighted by Gasteiger charge is -2.21. The average Bonchev–Trinajstić information content (AvgIpc) is 3.20. The second kappa shape index (κ2) is 4.98. The van der Waals surface area contributed by atoms with Crippen LogP contribution in [-0.4, -0.2) is 30.9 Å². The number of fused-ring (bicyclic) bond motifs is 2. The van der Waals surface area contributed by atoms with Crippen LogP contribution in [0.4, 0.5) is 0 Å². The van der Waals surface area contributed by atoms with Gasteiger partial charge in [-0.3, -0.25) is 9.89 Å². The Balaban J connectivity index is 1.38. The third-order valence-corrected chi connectivity index (χ3v) is 4.50. The van der Waals surface area contributed by atoms with Crippen molar-refractivity contribution in [1.29, 1.82) is 0 Å². The zero-order chi connectivity index (χ0) is 14.2. The van der Waals surface area contributed by atoms with Gasteiger partial charge in [0.05, 0.1) is 24.7 Å². The van der Waals surface area contributed by atoms with Gasteiger partial charge in [0.25, 0.3) is 0 Å². The Morgan fingerprint density at radius 3 is 3.33 bits per heavy atom. The molecule has 1 amide bonds. The summed E-state index contributed by atoms with van der Waals surface area (Å²) >= 11 is 0. The van der Waals surface area contributed by atoms with Gasteiger partial charge in [0.2, 0.25) is 5.91 Å². The second-order valence-corrected chi connectivity index (χ2v) is 5.79. The van der Waals surface area contributed by atoms with Gasteiger partial charge in [-0.25, -0.2) is 9.67 Å². The third kappa shape index (κ3) is 2.22. The van der Waals surface area contributed by atoms with Crippen molar-refractivity contribution in [2.75, 3.05) is 0 Å². The van der Waals surface area contributed by atoms with Crippen molar-refractivity contribution in [3.8, 4) is 0 Å². The molecule has 3 heterocycles. The van der Waals surface area contributed by atoms with E-state index in [1.807, 2.05) is 4.68 Å². The molecule has 0 radical (unpaired) electrons. The summed E-state index contributed by atoms with van der Waals surface area (Å²) in [6.45, 7) is 1.14. The summed E-state index contributed by atoms with van der Waals surface area (Å²) in [5.41, 5.74) is 3.54. The lowest BCUT2D eigenvalue weighted by Crippen LogP contribution is -2.36. The van der Waals surface area contributed by atoms with E-state index in [1.54, 1.807) is 6.33 Å². The van der Waals surface area contributed by atoms with E-state index >= 15 is 0 Å². The van der Waals surface area contributed by atoms with Crippen LogP contribution in [0.2, 0.25) is 0 Å².